The van der Waals surface area contributed by atoms with Crippen LogP contribution in [0.4, 0.5) is 0 Å². The molecular weight excluding hydrogens is 194 g/mol. The third-order valence-electron chi connectivity index (χ3n) is 3.72. The first-order valence-corrected chi connectivity index (χ1v) is 6.55. The molecule has 1 heteroatoms. The Hall–Kier alpha value is -0.820. The number of aryl methyl sites for hydroxylation is 1. The van der Waals surface area contributed by atoms with Crippen LogP contribution in [-0.4, -0.2) is 12.1 Å². The van der Waals surface area contributed by atoms with Crippen LogP contribution in [0.25, 0.3) is 0 Å². The van der Waals surface area contributed by atoms with Crippen LogP contribution in [0, 0.1) is 6.92 Å². The molecule has 1 saturated heterocycles. The van der Waals surface area contributed by atoms with Gasteiger partial charge in [0.05, 0.1) is 0 Å². The number of hydrogen-bond acceptors (Lipinski definition) is 1. The summed E-state index contributed by atoms with van der Waals surface area (Å²) in [4.78, 5) is 0. The highest BCUT2D eigenvalue weighted by Crippen LogP contribution is 2.28. The lowest BCUT2D eigenvalue weighted by Crippen LogP contribution is -2.41. The molecule has 0 saturated carbocycles. The molecule has 0 aromatic heterocycles. The highest BCUT2D eigenvalue weighted by atomic mass is 15.0. The predicted octanol–water partition coefficient (Wildman–Crippen LogP) is 3.46. The van der Waals surface area contributed by atoms with Crippen LogP contribution in [0.5, 0.6) is 0 Å². The first-order chi connectivity index (χ1) is 7.74. The second-order valence-electron chi connectivity index (χ2n) is 5.22. The summed E-state index contributed by atoms with van der Waals surface area (Å²) in [5.74, 6) is 0. The Labute approximate surface area is 99.3 Å². The Balaban J connectivity index is 2.08. The van der Waals surface area contributed by atoms with Crippen molar-refractivity contribution in [3.05, 3.63) is 35.4 Å². The number of benzene rings is 1. The molecule has 0 bridgehead atoms. The van der Waals surface area contributed by atoms with Crippen molar-refractivity contribution in [2.75, 3.05) is 6.54 Å². The molecular formula is C15H23N. The summed E-state index contributed by atoms with van der Waals surface area (Å²) in [5, 5.41) is 3.73. The summed E-state index contributed by atoms with van der Waals surface area (Å²) in [6, 6.07) is 9.02. The van der Waals surface area contributed by atoms with E-state index in [1.165, 1.54) is 49.8 Å². The zero-order valence-corrected chi connectivity index (χ0v) is 10.6. The molecule has 1 aromatic rings. The van der Waals surface area contributed by atoms with Crippen LogP contribution < -0.4 is 5.32 Å². The van der Waals surface area contributed by atoms with Gasteiger partial charge in [-0.25, -0.2) is 0 Å². The average molecular weight is 217 g/mol. The van der Waals surface area contributed by atoms with Crippen molar-refractivity contribution in [3.8, 4) is 0 Å². The van der Waals surface area contributed by atoms with E-state index < -0.39 is 0 Å². The Morgan fingerprint density at radius 3 is 2.56 bits per heavy atom. The van der Waals surface area contributed by atoms with E-state index in [2.05, 4.69) is 43.4 Å². The van der Waals surface area contributed by atoms with Gasteiger partial charge in [-0.15, -0.1) is 0 Å². The lowest BCUT2D eigenvalue weighted by atomic mass is 9.85. The Morgan fingerprint density at radius 2 is 2.00 bits per heavy atom. The van der Waals surface area contributed by atoms with E-state index in [0.29, 0.717) is 5.54 Å². The van der Waals surface area contributed by atoms with E-state index in [-0.39, 0.29) is 0 Å². The molecule has 1 nitrogen and oxygen atoms in total. The molecule has 88 valence electrons. The predicted molar refractivity (Wildman–Crippen MR) is 69.8 cm³/mol. The van der Waals surface area contributed by atoms with Gasteiger partial charge in [0.25, 0.3) is 0 Å². The minimum absolute atomic E-state index is 0.393. The van der Waals surface area contributed by atoms with Crippen LogP contribution in [0.3, 0.4) is 0 Å². The quantitative estimate of drug-likeness (QED) is 0.814. The topological polar surface area (TPSA) is 12.0 Å². The van der Waals surface area contributed by atoms with Crippen LogP contribution in [0.2, 0.25) is 0 Å². The van der Waals surface area contributed by atoms with Gasteiger partial charge in [-0.3, -0.25) is 0 Å². The van der Waals surface area contributed by atoms with Crippen molar-refractivity contribution in [2.45, 2.75) is 51.5 Å². The molecule has 1 aliphatic heterocycles. The van der Waals surface area contributed by atoms with E-state index in [1.54, 1.807) is 0 Å². The van der Waals surface area contributed by atoms with Gasteiger partial charge >= 0.3 is 0 Å². The molecule has 2 rings (SSSR count). The lowest BCUT2D eigenvalue weighted by molar-refractivity contribution is 0.342. The van der Waals surface area contributed by atoms with E-state index in [9.17, 15) is 0 Å². The largest absolute Gasteiger partial charge is 0.311 e. The fourth-order valence-corrected chi connectivity index (χ4v) is 2.90. The van der Waals surface area contributed by atoms with Gasteiger partial charge in [0, 0.05) is 5.54 Å². The van der Waals surface area contributed by atoms with Gasteiger partial charge in [-0.1, -0.05) is 43.2 Å². The maximum Gasteiger partial charge on any atom is 0.0222 e. The van der Waals surface area contributed by atoms with Gasteiger partial charge in [0.1, 0.15) is 0 Å². The second-order valence-corrected chi connectivity index (χ2v) is 5.22. The van der Waals surface area contributed by atoms with E-state index in [1.807, 2.05) is 0 Å². The smallest absolute Gasteiger partial charge is 0.0222 e. The molecule has 0 aliphatic carbocycles. The summed E-state index contributed by atoms with van der Waals surface area (Å²) in [5.41, 5.74) is 3.23. The van der Waals surface area contributed by atoms with E-state index >= 15 is 0 Å². The van der Waals surface area contributed by atoms with Gasteiger partial charge in [0.2, 0.25) is 0 Å². The molecule has 0 radical (unpaired) electrons. The van der Waals surface area contributed by atoms with Crippen molar-refractivity contribution in [1.82, 2.24) is 5.32 Å². The normalized spacial score (nSPS) is 24.9. The standard InChI is InChI=1S/C15H23N/c1-3-9-15(10-4-11-16-15)12-14-7-5-13(2)6-8-14/h5-8,16H,3-4,9-12H2,1-2H3. The number of nitrogens with one attached hydrogen (secondary N) is 1. The summed E-state index contributed by atoms with van der Waals surface area (Å²) in [6.45, 7) is 5.64. The third-order valence-corrected chi connectivity index (χ3v) is 3.72. The van der Waals surface area contributed by atoms with Crippen LogP contribution in [0.1, 0.15) is 43.7 Å². The van der Waals surface area contributed by atoms with Crippen molar-refractivity contribution in [2.24, 2.45) is 0 Å². The monoisotopic (exact) mass is 217 g/mol. The average Bonchev–Trinajstić information content (AvgIpc) is 2.71. The highest BCUT2D eigenvalue weighted by molar-refractivity contribution is 5.23. The Kier molecular flexibility index (Phi) is 3.65. The molecule has 1 aliphatic rings. The summed E-state index contributed by atoms with van der Waals surface area (Å²) < 4.78 is 0. The molecule has 1 unspecified atom stereocenters. The molecule has 0 spiro atoms. The fourth-order valence-electron chi connectivity index (χ4n) is 2.90. The number of rotatable bonds is 4. The van der Waals surface area contributed by atoms with Gasteiger partial charge in [-0.2, -0.15) is 0 Å². The summed E-state index contributed by atoms with van der Waals surface area (Å²) >= 11 is 0. The van der Waals surface area contributed by atoms with Crippen LogP contribution in [0.15, 0.2) is 24.3 Å². The zero-order valence-electron chi connectivity index (χ0n) is 10.6. The fraction of sp³-hybridized carbons (Fsp3) is 0.600. The first kappa shape index (κ1) is 11.7. The van der Waals surface area contributed by atoms with Gasteiger partial charge < -0.3 is 5.32 Å². The minimum atomic E-state index is 0.393. The summed E-state index contributed by atoms with van der Waals surface area (Å²) in [6.07, 6.45) is 6.46. The van der Waals surface area contributed by atoms with Crippen molar-refractivity contribution < 1.29 is 0 Å². The maximum atomic E-state index is 3.73. The molecule has 1 fully saturated rings. The molecule has 1 N–H and O–H groups in total. The minimum Gasteiger partial charge on any atom is -0.311 e. The van der Waals surface area contributed by atoms with Crippen LogP contribution in [-0.2, 0) is 6.42 Å². The first-order valence-electron chi connectivity index (χ1n) is 6.55. The van der Waals surface area contributed by atoms with E-state index in [0.717, 1.165) is 0 Å². The van der Waals surface area contributed by atoms with E-state index in [4.69, 9.17) is 0 Å². The maximum absolute atomic E-state index is 3.73. The third kappa shape index (κ3) is 2.65. The molecule has 1 heterocycles. The molecule has 1 aromatic carbocycles. The van der Waals surface area contributed by atoms with Crippen molar-refractivity contribution in [1.29, 1.82) is 0 Å². The Bertz CT molecular complexity index is 320. The second kappa shape index (κ2) is 5.01. The highest BCUT2D eigenvalue weighted by Gasteiger charge is 2.32. The van der Waals surface area contributed by atoms with Crippen LogP contribution >= 0.6 is 0 Å². The number of hydrogen-bond donors (Lipinski definition) is 1. The molecule has 0 amide bonds. The molecule has 16 heavy (non-hydrogen) atoms. The van der Waals surface area contributed by atoms with Crippen molar-refractivity contribution in [3.63, 3.8) is 0 Å². The Morgan fingerprint density at radius 1 is 1.25 bits per heavy atom. The van der Waals surface area contributed by atoms with Gasteiger partial charge in [0.15, 0.2) is 0 Å². The lowest BCUT2D eigenvalue weighted by Gasteiger charge is -2.29. The summed E-state index contributed by atoms with van der Waals surface area (Å²) in [7, 11) is 0. The van der Waals surface area contributed by atoms with Gasteiger partial charge in [-0.05, 0) is 44.7 Å². The SMILES string of the molecule is CCCC1(Cc2ccc(C)cc2)CCCN1. The van der Waals surface area contributed by atoms with Crippen molar-refractivity contribution >= 4 is 0 Å². The zero-order chi connectivity index (χ0) is 11.4. The molecule has 1 atom stereocenters.